The first-order valence-corrected chi connectivity index (χ1v) is 6.37. The Bertz CT molecular complexity index is 515. The first-order chi connectivity index (χ1) is 10.3. The Kier molecular flexibility index (Phi) is 6.31. The number of amides is 2. The van der Waals surface area contributed by atoms with E-state index in [1.165, 1.54) is 0 Å². The number of hydrogen-bond donors (Lipinski definition) is 6. The molecule has 10 nitrogen and oxygen atoms in total. The molecule has 0 aliphatic rings. The van der Waals surface area contributed by atoms with Gasteiger partial charge < -0.3 is 31.9 Å². The lowest BCUT2D eigenvalue weighted by molar-refractivity contribution is 0.0901. The van der Waals surface area contributed by atoms with Gasteiger partial charge in [0.15, 0.2) is 0 Å². The van der Waals surface area contributed by atoms with Gasteiger partial charge in [0.2, 0.25) is 0 Å². The predicted molar refractivity (Wildman–Crippen MR) is 72.7 cm³/mol. The molecule has 0 radical (unpaired) electrons. The topological polar surface area (TPSA) is 193 Å². The fraction of sp³-hybridized carbons (Fsp3) is 0.500. The second-order valence-electron chi connectivity index (χ2n) is 4.62. The van der Waals surface area contributed by atoms with Gasteiger partial charge in [0.1, 0.15) is 11.4 Å². The van der Waals surface area contributed by atoms with E-state index in [0.29, 0.717) is 0 Å². The molecule has 0 aliphatic heterocycles. The van der Waals surface area contributed by atoms with Crippen molar-refractivity contribution in [1.82, 2.24) is 9.97 Å². The summed E-state index contributed by atoms with van der Waals surface area (Å²) in [4.78, 5) is 30.6. The maximum absolute atomic E-state index is 11.4. The molecule has 2 unspecified atom stereocenters. The monoisotopic (exact) mass is 314 g/mol. The Morgan fingerprint density at radius 3 is 1.41 bits per heavy atom. The maximum Gasteiger partial charge on any atom is 0.269 e. The Balaban J connectivity index is 3.37. The number of aliphatic hydroxyl groups is 4. The number of aromatic nitrogens is 2. The molecule has 0 spiro atoms. The molecule has 0 saturated heterocycles. The molecule has 1 aromatic heterocycles. The highest BCUT2D eigenvalue weighted by atomic mass is 16.3. The number of carbonyl (C=O) groups is 2. The third-order valence-electron chi connectivity index (χ3n) is 2.79. The van der Waals surface area contributed by atoms with Crippen LogP contribution in [0, 0.1) is 0 Å². The molecular formula is C12H18N4O6. The van der Waals surface area contributed by atoms with Gasteiger partial charge in [-0.05, 0) is 0 Å². The largest absolute Gasteiger partial charge is 0.394 e. The number of aliphatic hydroxyl groups excluding tert-OH is 4. The minimum Gasteiger partial charge on any atom is -0.394 e. The lowest BCUT2D eigenvalue weighted by Gasteiger charge is -2.14. The summed E-state index contributed by atoms with van der Waals surface area (Å²) < 4.78 is 0. The first kappa shape index (κ1) is 17.9. The van der Waals surface area contributed by atoms with Gasteiger partial charge >= 0.3 is 0 Å². The van der Waals surface area contributed by atoms with Crippen molar-refractivity contribution in [2.45, 2.75) is 25.0 Å². The second-order valence-corrected chi connectivity index (χ2v) is 4.62. The van der Waals surface area contributed by atoms with Crippen LogP contribution in [-0.2, 0) is 12.8 Å². The zero-order valence-corrected chi connectivity index (χ0v) is 11.6. The van der Waals surface area contributed by atoms with E-state index in [1.807, 2.05) is 0 Å². The Morgan fingerprint density at radius 2 is 1.18 bits per heavy atom. The number of nitrogens with zero attached hydrogens (tertiary/aromatic N) is 2. The fourth-order valence-corrected chi connectivity index (χ4v) is 1.76. The van der Waals surface area contributed by atoms with Crippen LogP contribution in [0.2, 0.25) is 0 Å². The van der Waals surface area contributed by atoms with Gasteiger partial charge in [-0.25, -0.2) is 9.97 Å². The highest BCUT2D eigenvalue weighted by molar-refractivity contribution is 5.95. The molecule has 0 aromatic carbocycles. The summed E-state index contributed by atoms with van der Waals surface area (Å²) in [6.07, 6.45) is -2.96. The number of carbonyl (C=O) groups excluding carboxylic acids is 2. The van der Waals surface area contributed by atoms with Crippen molar-refractivity contribution in [3.8, 4) is 0 Å². The zero-order chi connectivity index (χ0) is 16.9. The van der Waals surface area contributed by atoms with Gasteiger partial charge in [-0.15, -0.1) is 0 Å². The van der Waals surface area contributed by atoms with Gasteiger partial charge in [0.25, 0.3) is 11.8 Å². The molecule has 2 amide bonds. The fourth-order valence-electron chi connectivity index (χ4n) is 1.76. The van der Waals surface area contributed by atoms with Crippen LogP contribution < -0.4 is 11.5 Å². The van der Waals surface area contributed by atoms with Gasteiger partial charge in [-0.3, -0.25) is 9.59 Å². The van der Waals surface area contributed by atoms with E-state index in [9.17, 15) is 19.8 Å². The Morgan fingerprint density at radius 1 is 0.864 bits per heavy atom. The van der Waals surface area contributed by atoms with Crippen molar-refractivity contribution in [1.29, 1.82) is 0 Å². The summed E-state index contributed by atoms with van der Waals surface area (Å²) in [5.74, 6) is -1.91. The molecule has 1 aromatic rings. The van der Waals surface area contributed by atoms with E-state index in [2.05, 4.69) is 9.97 Å². The standard InChI is InChI=1S/C12H18N4O6/c13-11(21)9-7(1-5(19)3-17)15-10(12(14)22)8(16-9)2-6(20)4-18/h5-6,17-20H,1-4H2,(H2,13,21)(H2,14,22). The molecule has 1 rings (SSSR count). The second kappa shape index (κ2) is 7.75. The van der Waals surface area contributed by atoms with E-state index in [0.717, 1.165) is 0 Å². The van der Waals surface area contributed by atoms with Crippen LogP contribution in [0.25, 0.3) is 0 Å². The maximum atomic E-state index is 11.4. The number of rotatable bonds is 8. The summed E-state index contributed by atoms with van der Waals surface area (Å²) in [6.45, 7) is -1.17. The molecule has 122 valence electrons. The van der Waals surface area contributed by atoms with Crippen molar-refractivity contribution in [3.05, 3.63) is 22.8 Å². The van der Waals surface area contributed by atoms with Crippen molar-refractivity contribution >= 4 is 11.8 Å². The van der Waals surface area contributed by atoms with Crippen molar-refractivity contribution in [3.63, 3.8) is 0 Å². The number of hydrogen-bond acceptors (Lipinski definition) is 8. The first-order valence-electron chi connectivity index (χ1n) is 6.37. The van der Waals surface area contributed by atoms with E-state index >= 15 is 0 Å². The molecule has 10 heteroatoms. The molecule has 1 heterocycles. The number of primary amides is 2. The highest BCUT2D eigenvalue weighted by Crippen LogP contribution is 2.13. The van der Waals surface area contributed by atoms with E-state index in [1.54, 1.807) is 0 Å². The minimum atomic E-state index is -1.22. The van der Waals surface area contributed by atoms with Crippen LogP contribution in [0.5, 0.6) is 0 Å². The molecule has 0 fully saturated rings. The van der Waals surface area contributed by atoms with Gasteiger partial charge in [0, 0.05) is 12.8 Å². The third-order valence-corrected chi connectivity index (χ3v) is 2.79. The van der Waals surface area contributed by atoms with Crippen LogP contribution in [0.15, 0.2) is 0 Å². The lowest BCUT2D eigenvalue weighted by atomic mass is 10.1. The summed E-state index contributed by atoms with van der Waals surface area (Å²) in [5, 5.41) is 36.6. The van der Waals surface area contributed by atoms with Crippen LogP contribution in [-0.4, -0.2) is 67.6 Å². The molecule has 8 N–H and O–H groups in total. The summed E-state index contributed by atoms with van der Waals surface area (Å²) in [5.41, 5.74) is 9.55. The highest BCUT2D eigenvalue weighted by Gasteiger charge is 2.23. The average Bonchev–Trinajstić information content (AvgIpc) is 2.47. The molecule has 22 heavy (non-hydrogen) atoms. The summed E-state index contributed by atoms with van der Waals surface area (Å²) in [7, 11) is 0. The van der Waals surface area contributed by atoms with Crippen molar-refractivity contribution < 1.29 is 30.0 Å². The van der Waals surface area contributed by atoms with Gasteiger partial charge in [0.05, 0.1) is 36.8 Å². The third kappa shape index (κ3) is 4.43. The molecule has 0 bridgehead atoms. The summed E-state index contributed by atoms with van der Waals surface area (Å²) >= 11 is 0. The van der Waals surface area contributed by atoms with E-state index in [4.69, 9.17) is 21.7 Å². The van der Waals surface area contributed by atoms with Crippen LogP contribution >= 0.6 is 0 Å². The number of nitrogens with two attached hydrogens (primary N) is 2. The lowest BCUT2D eigenvalue weighted by Crippen LogP contribution is -2.28. The van der Waals surface area contributed by atoms with Crippen molar-refractivity contribution in [2.24, 2.45) is 11.5 Å². The van der Waals surface area contributed by atoms with Crippen molar-refractivity contribution in [2.75, 3.05) is 13.2 Å². The summed E-state index contributed by atoms with van der Waals surface area (Å²) in [6, 6.07) is 0. The quantitative estimate of drug-likeness (QED) is 0.284. The smallest absolute Gasteiger partial charge is 0.269 e. The van der Waals surface area contributed by atoms with Crippen LogP contribution in [0.1, 0.15) is 32.4 Å². The van der Waals surface area contributed by atoms with Gasteiger partial charge in [-0.1, -0.05) is 0 Å². The van der Waals surface area contributed by atoms with E-state index in [-0.39, 0.29) is 35.6 Å². The molecule has 2 atom stereocenters. The molecular weight excluding hydrogens is 296 g/mol. The Labute approximate surface area is 125 Å². The minimum absolute atomic E-state index is 0.0925. The molecule has 0 aliphatic carbocycles. The van der Waals surface area contributed by atoms with Crippen LogP contribution in [0.3, 0.4) is 0 Å². The molecule has 0 saturated carbocycles. The average molecular weight is 314 g/mol. The van der Waals surface area contributed by atoms with Gasteiger partial charge in [-0.2, -0.15) is 0 Å². The Hall–Kier alpha value is -2.14. The van der Waals surface area contributed by atoms with E-state index < -0.39 is 37.2 Å². The SMILES string of the molecule is NC(=O)c1nc(CC(O)CO)c(C(N)=O)nc1CC(O)CO. The predicted octanol–water partition coefficient (Wildman–Crippen LogP) is -3.53. The zero-order valence-electron chi connectivity index (χ0n) is 11.6. The normalized spacial score (nSPS) is 13.6. The van der Waals surface area contributed by atoms with Crippen LogP contribution in [0.4, 0.5) is 0 Å².